The summed E-state index contributed by atoms with van der Waals surface area (Å²) in [6.07, 6.45) is 9.34. The quantitative estimate of drug-likeness (QED) is 0.810. The SMILES string of the molecule is O=C(CC12CC3CC(CC(C3)C1)C2)NCC1(C(=O)O)CCOCC1. The maximum absolute atomic E-state index is 12.6. The van der Waals surface area contributed by atoms with Gasteiger partial charge in [-0.1, -0.05) is 0 Å². The van der Waals surface area contributed by atoms with Crippen molar-refractivity contribution in [2.45, 2.75) is 57.8 Å². The van der Waals surface area contributed by atoms with E-state index in [0.717, 1.165) is 17.8 Å². The van der Waals surface area contributed by atoms with Gasteiger partial charge >= 0.3 is 5.97 Å². The summed E-state index contributed by atoms with van der Waals surface area (Å²) in [5.74, 6) is 1.77. The van der Waals surface area contributed by atoms with Gasteiger partial charge in [0.1, 0.15) is 0 Å². The first-order valence-corrected chi connectivity index (χ1v) is 9.57. The highest BCUT2D eigenvalue weighted by Gasteiger charge is 2.51. The number of ether oxygens (including phenoxy) is 1. The van der Waals surface area contributed by atoms with E-state index in [-0.39, 0.29) is 17.9 Å². The molecule has 5 fully saturated rings. The molecule has 134 valence electrons. The normalized spacial score (nSPS) is 39.6. The Bertz CT molecular complexity index is 488. The summed E-state index contributed by atoms with van der Waals surface area (Å²) in [5.41, 5.74) is -0.625. The molecule has 1 aliphatic heterocycles. The van der Waals surface area contributed by atoms with Crippen LogP contribution in [-0.2, 0) is 14.3 Å². The van der Waals surface area contributed by atoms with Crippen molar-refractivity contribution in [1.82, 2.24) is 5.32 Å². The fourth-order valence-electron chi connectivity index (χ4n) is 6.41. The van der Waals surface area contributed by atoms with Crippen molar-refractivity contribution in [2.24, 2.45) is 28.6 Å². The minimum absolute atomic E-state index is 0.0593. The predicted molar refractivity (Wildman–Crippen MR) is 88.4 cm³/mol. The number of aliphatic carboxylic acids is 1. The van der Waals surface area contributed by atoms with Gasteiger partial charge in [-0.25, -0.2) is 0 Å². The Labute approximate surface area is 143 Å². The van der Waals surface area contributed by atoms with Crippen molar-refractivity contribution in [3.8, 4) is 0 Å². The summed E-state index contributed by atoms with van der Waals surface area (Å²) in [5, 5.41) is 12.6. The second-order valence-corrected chi connectivity index (χ2v) is 9.07. The second-order valence-electron chi connectivity index (χ2n) is 9.07. The van der Waals surface area contributed by atoms with Gasteiger partial charge in [-0.3, -0.25) is 9.59 Å². The molecule has 5 heteroatoms. The van der Waals surface area contributed by atoms with E-state index in [2.05, 4.69) is 5.32 Å². The van der Waals surface area contributed by atoms with Crippen LogP contribution in [0.1, 0.15) is 57.8 Å². The van der Waals surface area contributed by atoms with E-state index < -0.39 is 11.4 Å². The van der Waals surface area contributed by atoms with Crippen LogP contribution in [-0.4, -0.2) is 36.7 Å². The van der Waals surface area contributed by atoms with E-state index in [4.69, 9.17) is 4.74 Å². The smallest absolute Gasteiger partial charge is 0.311 e. The van der Waals surface area contributed by atoms with Crippen LogP contribution in [0, 0.1) is 28.6 Å². The molecule has 0 unspecified atom stereocenters. The number of nitrogens with one attached hydrogen (secondary N) is 1. The van der Waals surface area contributed by atoms with Crippen LogP contribution in [0.2, 0.25) is 0 Å². The molecule has 0 aromatic rings. The number of carbonyl (C=O) groups is 2. The van der Waals surface area contributed by atoms with Crippen LogP contribution in [0.4, 0.5) is 0 Å². The minimum atomic E-state index is -0.838. The van der Waals surface area contributed by atoms with Crippen molar-refractivity contribution in [3.63, 3.8) is 0 Å². The van der Waals surface area contributed by atoms with Gasteiger partial charge < -0.3 is 15.2 Å². The molecule has 1 heterocycles. The number of carbonyl (C=O) groups excluding carboxylic acids is 1. The lowest BCUT2D eigenvalue weighted by Gasteiger charge is -2.56. The number of hydrogen-bond acceptors (Lipinski definition) is 3. The van der Waals surface area contributed by atoms with Crippen molar-refractivity contribution in [3.05, 3.63) is 0 Å². The highest BCUT2D eigenvalue weighted by molar-refractivity contribution is 5.79. The van der Waals surface area contributed by atoms with Gasteiger partial charge in [0.2, 0.25) is 5.91 Å². The van der Waals surface area contributed by atoms with E-state index in [1.807, 2.05) is 0 Å². The van der Waals surface area contributed by atoms with Crippen LogP contribution < -0.4 is 5.32 Å². The molecule has 1 amide bonds. The van der Waals surface area contributed by atoms with Gasteiger partial charge in [0.05, 0.1) is 5.41 Å². The monoisotopic (exact) mass is 335 g/mol. The van der Waals surface area contributed by atoms with Gasteiger partial charge in [0.15, 0.2) is 0 Å². The fraction of sp³-hybridized carbons (Fsp3) is 0.895. The Morgan fingerprint density at radius 1 is 1.00 bits per heavy atom. The number of hydrogen-bond donors (Lipinski definition) is 2. The molecule has 1 saturated heterocycles. The number of carboxylic acids is 1. The average Bonchev–Trinajstić information content (AvgIpc) is 2.52. The summed E-state index contributed by atoms with van der Waals surface area (Å²) in [7, 11) is 0. The number of carboxylic acid groups (broad SMARTS) is 1. The van der Waals surface area contributed by atoms with E-state index in [1.54, 1.807) is 0 Å². The molecule has 0 atom stereocenters. The van der Waals surface area contributed by atoms with Crippen LogP contribution in [0.15, 0.2) is 0 Å². The van der Waals surface area contributed by atoms with E-state index in [1.165, 1.54) is 38.5 Å². The number of rotatable bonds is 5. The van der Waals surface area contributed by atoms with Crippen LogP contribution in [0.25, 0.3) is 0 Å². The van der Waals surface area contributed by atoms with Crippen LogP contribution in [0.5, 0.6) is 0 Å². The Balaban J connectivity index is 1.36. The molecule has 0 aromatic heterocycles. The molecule has 4 aliphatic carbocycles. The molecular weight excluding hydrogens is 306 g/mol. The molecule has 24 heavy (non-hydrogen) atoms. The van der Waals surface area contributed by atoms with Crippen LogP contribution in [0.3, 0.4) is 0 Å². The third-order valence-electron chi connectivity index (χ3n) is 7.23. The Morgan fingerprint density at radius 2 is 1.54 bits per heavy atom. The second kappa shape index (κ2) is 6.01. The summed E-state index contributed by atoms with van der Waals surface area (Å²) < 4.78 is 5.30. The summed E-state index contributed by atoms with van der Waals surface area (Å²) in [4.78, 5) is 24.3. The van der Waals surface area contributed by atoms with Crippen molar-refractivity contribution in [2.75, 3.05) is 19.8 Å². The maximum Gasteiger partial charge on any atom is 0.311 e. The third kappa shape index (κ3) is 2.96. The zero-order valence-electron chi connectivity index (χ0n) is 14.4. The standard InChI is InChI=1S/C19H29NO4/c21-16(20-12-19(17(22)23)1-3-24-4-2-19)11-18-8-13-5-14(9-18)7-15(6-13)10-18/h13-15H,1-12H2,(H,20,21)(H,22,23). The summed E-state index contributed by atoms with van der Waals surface area (Å²) in [6.45, 7) is 1.19. The molecule has 4 bridgehead atoms. The molecule has 5 nitrogen and oxygen atoms in total. The summed E-state index contributed by atoms with van der Waals surface area (Å²) in [6, 6.07) is 0. The lowest BCUT2D eigenvalue weighted by Crippen LogP contribution is -2.50. The van der Waals surface area contributed by atoms with Crippen LogP contribution >= 0.6 is 0 Å². The highest BCUT2D eigenvalue weighted by atomic mass is 16.5. The zero-order chi connectivity index (χ0) is 16.8. The van der Waals surface area contributed by atoms with Crippen molar-refractivity contribution < 1.29 is 19.4 Å². The number of amides is 1. The molecule has 5 aliphatic rings. The van der Waals surface area contributed by atoms with Gasteiger partial charge in [0.25, 0.3) is 0 Å². The van der Waals surface area contributed by atoms with Crippen molar-refractivity contribution >= 4 is 11.9 Å². The average molecular weight is 335 g/mol. The Kier molecular flexibility index (Phi) is 4.10. The van der Waals surface area contributed by atoms with Gasteiger partial charge in [0, 0.05) is 26.2 Å². The van der Waals surface area contributed by atoms with Gasteiger partial charge in [-0.05, 0) is 74.5 Å². The first kappa shape index (κ1) is 16.4. The maximum atomic E-state index is 12.6. The zero-order valence-corrected chi connectivity index (χ0v) is 14.4. The lowest BCUT2D eigenvalue weighted by molar-refractivity contribution is -0.154. The minimum Gasteiger partial charge on any atom is -0.481 e. The molecule has 0 spiro atoms. The van der Waals surface area contributed by atoms with Gasteiger partial charge in [-0.2, -0.15) is 0 Å². The topological polar surface area (TPSA) is 75.6 Å². The molecule has 5 rings (SSSR count). The van der Waals surface area contributed by atoms with Crippen molar-refractivity contribution in [1.29, 1.82) is 0 Å². The molecule has 0 radical (unpaired) electrons. The lowest BCUT2D eigenvalue weighted by atomic mass is 9.49. The molecule has 2 N–H and O–H groups in total. The molecule has 4 saturated carbocycles. The Hall–Kier alpha value is -1.10. The first-order valence-electron chi connectivity index (χ1n) is 9.57. The summed E-state index contributed by atoms with van der Waals surface area (Å²) >= 11 is 0. The fourth-order valence-corrected chi connectivity index (χ4v) is 6.41. The first-order chi connectivity index (χ1) is 11.5. The van der Waals surface area contributed by atoms with E-state index in [9.17, 15) is 14.7 Å². The molecule has 0 aromatic carbocycles. The van der Waals surface area contributed by atoms with E-state index >= 15 is 0 Å². The third-order valence-corrected chi connectivity index (χ3v) is 7.23. The molecular formula is C19H29NO4. The largest absolute Gasteiger partial charge is 0.481 e. The predicted octanol–water partition coefficient (Wildman–Crippen LogP) is 2.59. The van der Waals surface area contributed by atoms with E-state index in [0.29, 0.717) is 32.5 Å². The van der Waals surface area contributed by atoms with Gasteiger partial charge in [-0.15, -0.1) is 0 Å². The Morgan fingerprint density at radius 3 is 2.04 bits per heavy atom. The highest BCUT2D eigenvalue weighted by Crippen LogP contribution is 2.61.